The van der Waals surface area contributed by atoms with Crippen LogP contribution in [0.25, 0.3) is 0 Å². The maximum absolute atomic E-state index is 14.1. The summed E-state index contributed by atoms with van der Waals surface area (Å²) in [5.74, 6) is 0.261. The first-order valence-corrected chi connectivity index (χ1v) is 22.8. The second kappa shape index (κ2) is 16.3. The van der Waals surface area contributed by atoms with E-state index in [0.29, 0.717) is 43.7 Å². The number of sulfonamides is 1. The summed E-state index contributed by atoms with van der Waals surface area (Å²) in [5.41, 5.74) is 1.39. The number of anilines is 1. The highest BCUT2D eigenvalue weighted by molar-refractivity contribution is 7.90. The number of carbonyl (C=O) groups is 1. The number of fused-ring (bicyclic) bond motifs is 4. The standard InChI is InChI=1S/C43H60ClN5O7S/c1-30-7-5-16-43(54-4,28-47-18-20-48(21-19-47)33-24-55-25-33)38-13-17-41(38,2)26-49-27-42(15-6-8-31-23-32(44)9-10-34(31)42)29-56-36-12-11-35(45-39(36)49)40(50)46-57(51,52)37(30)14-22-53-3/h5,9-12,16,23,30,33,37-38H,6-8,13-15,17-22,24-29H2,1-4H3,(H,46,50)/b16-5+/t30-,37+,38+,41?,42-,43+/m0/s1. The van der Waals surface area contributed by atoms with Crippen molar-refractivity contribution in [3.8, 4) is 5.75 Å². The predicted octanol–water partition coefficient (Wildman–Crippen LogP) is 5.09. The molecule has 14 heteroatoms. The second-order valence-corrected chi connectivity index (χ2v) is 20.3. The number of aryl methyl sites for hydroxylation is 1. The second-order valence-electron chi connectivity index (χ2n) is 17.9. The number of hydrogen-bond donors (Lipinski definition) is 1. The number of methoxy groups -OCH3 is 2. The minimum Gasteiger partial charge on any atom is -0.489 e. The third kappa shape index (κ3) is 7.99. The summed E-state index contributed by atoms with van der Waals surface area (Å²) < 4.78 is 54.9. The van der Waals surface area contributed by atoms with Crippen LogP contribution in [0.3, 0.4) is 0 Å². The minimum absolute atomic E-state index is 0.0389. The molecule has 312 valence electrons. The van der Waals surface area contributed by atoms with Crippen LogP contribution >= 0.6 is 11.6 Å². The fourth-order valence-electron chi connectivity index (χ4n) is 10.8. The molecule has 1 aromatic heterocycles. The molecule has 57 heavy (non-hydrogen) atoms. The van der Waals surface area contributed by atoms with Crippen molar-refractivity contribution in [1.29, 1.82) is 0 Å². The molecule has 1 unspecified atom stereocenters. The summed E-state index contributed by atoms with van der Waals surface area (Å²) in [7, 11) is -0.713. The van der Waals surface area contributed by atoms with E-state index in [9.17, 15) is 13.2 Å². The monoisotopic (exact) mass is 825 g/mol. The number of aromatic nitrogens is 1. The number of nitrogens with zero attached hydrogens (tertiary/aromatic N) is 4. The minimum atomic E-state index is -4.12. The van der Waals surface area contributed by atoms with E-state index in [2.05, 4.69) is 50.6 Å². The number of piperazine rings is 1. The van der Waals surface area contributed by atoms with E-state index in [-0.39, 0.29) is 41.4 Å². The van der Waals surface area contributed by atoms with Gasteiger partial charge in [-0.1, -0.05) is 43.7 Å². The number of allylic oxidation sites excluding steroid dienone is 1. The van der Waals surface area contributed by atoms with Gasteiger partial charge in [-0.2, -0.15) is 0 Å². The first-order valence-electron chi connectivity index (χ1n) is 20.9. The number of carbonyl (C=O) groups excluding carboxylic acids is 1. The Morgan fingerprint density at radius 1 is 1.07 bits per heavy atom. The Balaban J connectivity index is 1.20. The van der Waals surface area contributed by atoms with Gasteiger partial charge < -0.3 is 23.8 Å². The molecule has 2 bridgehead atoms. The molecule has 0 radical (unpaired) electrons. The summed E-state index contributed by atoms with van der Waals surface area (Å²) >= 11 is 6.53. The molecule has 1 aromatic carbocycles. The fraction of sp³-hybridized carbons (Fsp3) is 0.674. The molecule has 1 saturated carbocycles. The summed E-state index contributed by atoms with van der Waals surface area (Å²) in [5, 5.41) is -0.138. The van der Waals surface area contributed by atoms with Crippen molar-refractivity contribution >= 4 is 33.3 Å². The van der Waals surface area contributed by atoms with Gasteiger partial charge in [-0.25, -0.2) is 18.1 Å². The van der Waals surface area contributed by atoms with Gasteiger partial charge in [0.2, 0.25) is 10.0 Å². The van der Waals surface area contributed by atoms with Crippen molar-refractivity contribution < 1.29 is 32.2 Å². The molecule has 12 nitrogen and oxygen atoms in total. The van der Waals surface area contributed by atoms with Crippen LogP contribution in [0.15, 0.2) is 42.5 Å². The van der Waals surface area contributed by atoms with Crippen LogP contribution in [0.1, 0.15) is 74.0 Å². The maximum Gasteiger partial charge on any atom is 0.283 e. The molecule has 8 rings (SSSR count). The zero-order valence-electron chi connectivity index (χ0n) is 34.0. The molecule has 2 aliphatic carbocycles. The zero-order chi connectivity index (χ0) is 40.0. The normalized spacial score (nSPS) is 34.2. The quantitative estimate of drug-likeness (QED) is 0.376. The summed E-state index contributed by atoms with van der Waals surface area (Å²) in [6, 6.07) is 10.1. The lowest BCUT2D eigenvalue weighted by atomic mass is 9.54. The number of ether oxygens (including phenoxy) is 4. The largest absolute Gasteiger partial charge is 0.489 e. The Labute approximate surface area is 343 Å². The Kier molecular flexibility index (Phi) is 11.8. The van der Waals surface area contributed by atoms with Crippen molar-refractivity contribution in [2.45, 2.75) is 81.1 Å². The fourth-order valence-corrected chi connectivity index (χ4v) is 12.7. The molecule has 5 heterocycles. The highest BCUT2D eigenvalue weighted by Gasteiger charge is 2.56. The first kappa shape index (κ1) is 41.0. The van der Waals surface area contributed by atoms with Gasteiger partial charge in [0.15, 0.2) is 11.6 Å². The van der Waals surface area contributed by atoms with Gasteiger partial charge in [0.05, 0.1) is 31.1 Å². The van der Waals surface area contributed by atoms with E-state index in [1.807, 2.05) is 20.1 Å². The molecule has 1 spiro atoms. The maximum atomic E-state index is 14.1. The number of benzene rings is 1. The molecule has 4 aliphatic heterocycles. The van der Waals surface area contributed by atoms with Crippen LogP contribution in [0, 0.1) is 17.3 Å². The lowest BCUT2D eigenvalue weighted by Crippen LogP contribution is -2.63. The Morgan fingerprint density at radius 2 is 1.88 bits per heavy atom. The van der Waals surface area contributed by atoms with E-state index < -0.39 is 26.8 Å². The van der Waals surface area contributed by atoms with Gasteiger partial charge in [-0.15, -0.1) is 0 Å². The number of pyridine rings is 1. The predicted molar refractivity (Wildman–Crippen MR) is 221 cm³/mol. The van der Waals surface area contributed by atoms with Crippen LogP contribution in [0.5, 0.6) is 5.75 Å². The summed E-state index contributed by atoms with van der Waals surface area (Å²) in [6.45, 7) is 12.6. The number of nitrogens with one attached hydrogen (secondary N) is 1. The average Bonchev–Trinajstić information content (AvgIpc) is 3.30. The van der Waals surface area contributed by atoms with Crippen LogP contribution in [0.4, 0.5) is 5.82 Å². The van der Waals surface area contributed by atoms with Crippen LogP contribution in [-0.2, 0) is 36.1 Å². The highest BCUT2D eigenvalue weighted by atomic mass is 35.5. The average molecular weight is 827 g/mol. The van der Waals surface area contributed by atoms with E-state index in [4.69, 9.17) is 35.5 Å². The van der Waals surface area contributed by atoms with Crippen molar-refractivity contribution in [3.63, 3.8) is 0 Å². The number of amides is 1. The summed E-state index contributed by atoms with van der Waals surface area (Å²) in [6.07, 6.45) is 10.0. The van der Waals surface area contributed by atoms with Crippen molar-refractivity contribution in [1.82, 2.24) is 19.5 Å². The zero-order valence-corrected chi connectivity index (χ0v) is 35.6. The van der Waals surface area contributed by atoms with E-state index in [1.165, 1.54) is 11.1 Å². The molecule has 2 saturated heterocycles. The molecular formula is C43H60ClN5O7S. The van der Waals surface area contributed by atoms with Crippen LogP contribution in [-0.4, -0.2) is 132 Å². The van der Waals surface area contributed by atoms with Gasteiger partial charge in [0.1, 0.15) is 11.3 Å². The van der Waals surface area contributed by atoms with Crippen molar-refractivity contribution in [3.05, 3.63) is 64.3 Å². The molecule has 6 aliphatic rings. The third-order valence-corrected chi connectivity index (χ3v) is 16.5. The first-order chi connectivity index (χ1) is 27.4. The summed E-state index contributed by atoms with van der Waals surface area (Å²) in [4.78, 5) is 26.3. The SMILES string of the molecule is COCC[C@@H]1[C@@H](C)C/C=C/[C@](CN2CCN(C3COC3)CC2)(OC)[C@@H]2CCC2(C)CN2C[C@@]3(CCCc4cc(Cl)ccc43)COc3ccc(nc32)C(=O)NS1(=O)=O. The molecule has 3 fully saturated rings. The molecule has 1 N–H and O–H groups in total. The molecular weight excluding hydrogens is 766 g/mol. The number of hydrogen-bond acceptors (Lipinski definition) is 11. The van der Waals surface area contributed by atoms with Gasteiger partial charge in [-0.05, 0) is 97.6 Å². The van der Waals surface area contributed by atoms with Crippen LogP contribution in [0.2, 0.25) is 5.02 Å². The molecule has 2 aromatic rings. The molecule has 6 atom stereocenters. The Hall–Kier alpha value is -2.78. The van der Waals surface area contributed by atoms with Crippen molar-refractivity contribution in [2.24, 2.45) is 17.3 Å². The van der Waals surface area contributed by atoms with E-state index in [1.54, 1.807) is 19.2 Å². The topological polar surface area (TPSA) is 123 Å². The Bertz CT molecular complexity index is 1940. The van der Waals surface area contributed by atoms with Gasteiger partial charge in [0, 0.05) is 77.1 Å². The lowest BCUT2D eigenvalue weighted by molar-refractivity contribution is -0.134. The van der Waals surface area contributed by atoms with E-state index in [0.717, 1.165) is 83.1 Å². The van der Waals surface area contributed by atoms with Gasteiger partial charge in [-0.3, -0.25) is 14.6 Å². The van der Waals surface area contributed by atoms with Crippen LogP contribution < -0.4 is 14.4 Å². The number of halogens is 1. The van der Waals surface area contributed by atoms with Gasteiger partial charge >= 0.3 is 0 Å². The van der Waals surface area contributed by atoms with Gasteiger partial charge in [0.25, 0.3) is 5.91 Å². The van der Waals surface area contributed by atoms with E-state index >= 15 is 0 Å². The smallest absolute Gasteiger partial charge is 0.283 e. The highest BCUT2D eigenvalue weighted by Crippen LogP contribution is 2.55. The Morgan fingerprint density at radius 3 is 2.58 bits per heavy atom. The van der Waals surface area contributed by atoms with Crippen molar-refractivity contribution in [2.75, 3.05) is 91.4 Å². The third-order valence-electron chi connectivity index (χ3n) is 14.3. The lowest BCUT2D eigenvalue weighted by Gasteiger charge is -2.58. The molecule has 1 amide bonds. The number of rotatable bonds is 7.